The monoisotopic (exact) mass is 551 g/mol. The lowest BCUT2D eigenvalue weighted by Gasteiger charge is -2.25. The Kier molecular flexibility index (Phi) is 7.46. The molecule has 1 aliphatic rings. The fourth-order valence-electron chi connectivity index (χ4n) is 4.36. The molecule has 0 unspecified atom stereocenters. The molecule has 1 fully saturated rings. The molecule has 2 amide bonds. The smallest absolute Gasteiger partial charge is 0.270 e. The summed E-state index contributed by atoms with van der Waals surface area (Å²) >= 11 is 7.84. The Bertz CT molecular complexity index is 1560. The van der Waals surface area contributed by atoms with Gasteiger partial charge in [0, 0.05) is 50.2 Å². The van der Waals surface area contributed by atoms with Crippen LogP contribution < -0.4 is 15.6 Å². The molecule has 0 saturated carbocycles. The highest BCUT2D eigenvalue weighted by molar-refractivity contribution is 7.17. The molecule has 2 aromatic heterocycles. The number of aromatic nitrogens is 2. The van der Waals surface area contributed by atoms with Crippen molar-refractivity contribution in [2.45, 2.75) is 6.54 Å². The fourth-order valence-corrected chi connectivity index (χ4v) is 5.51. The van der Waals surface area contributed by atoms with Crippen molar-refractivity contribution in [3.8, 4) is 11.1 Å². The number of halogens is 1. The van der Waals surface area contributed by atoms with Crippen LogP contribution in [-0.4, -0.2) is 67.1 Å². The molecule has 2 aromatic carbocycles. The number of rotatable bonds is 6. The van der Waals surface area contributed by atoms with Crippen LogP contribution in [0.2, 0.25) is 5.02 Å². The number of anilines is 1. The van der Waals surface area contributed by atoms with Gasteiger partial charge < -0.3 is 24.8 Å². The first kappa shape index (κ1) is 25.9. The molecule has 0 aliphatic carbocycles. The number of amides is 2. The standard InChI is InChI=1S/C27H26ClN5O4S/c1-32(2)26(36)23-18(14-29-25(35)20-15-30-27(38-20)33-10-12-37-13-11-33)24(34)17-8-9-19(28)21(22(17)31-23)16-6-4-3-5-7-16/h3-9,15H,10-14H2,1-2H3,(H,29,35)(H,31,34). The Morgan fingerprint density at radius 2 is 1.89 bits per heavy atom. The first-order valence-corrected chi connectivity index (χ1v) is 13.3. The van der Waals surface area contributed by atoms with Crippen LogP contribution in [0.4, 0.5) is 5.13 Å². The molecule has 4 aromatic rings. The SMILES string of the molecule is CN(C)C(=O)c1[nH]c2c(-c3ccccc3)c(Cl)ccc2c(=O)c1CNC(=O)c1cnc(N2CCOCC2)s1. The number of hydrogen-bond donors (Lipinski definition) is 2. The van der Waals surface area contributed by atoms with E-state index >= 15 is 0 Å². The van der Waals surface area contributed by atoms with E-state index in [1.165, 1.54) is 22.4 Å². The molecule has 5 rings (SSSR count). The minimum absolute atomic E-state index is 0.102. The summed E-state index contributed by atoms with van der Waals surface area (Å²) in [6.07, 6.45) is 1.52. The van der Waals surface area contributed by atoms with Gasteiger partial charge >= 0.3 is 0 Å². The van der Waals surface area contributed by atoms with Crippen LogP contribution in [0, 0.1) is 0 Å². The van der Waals surface area contributed by atoms with Crippen LogP contribution >= 0.6 is 22.9 Å². The van der Waals surface area contributed by atoms with E-state index in [0.717, 1.165) is 10.7 Å². The van der Waals surface area contributed by atoms with Crippen LogP contribution in [0.3, 0.4) is 0 Å². The van der Waals surface area contributed by atoms with Crippen LogP contribution in [0.25, 0.3) is 22.0 Å². The normalized spacial score (nSPS) is 13.5. The van der Waals surface area contributed by atoms with Gasteiger partial charge in [-0.25, -0.2) is 4.98 Å². The molecular weight excluding hydrogens is 526 g/mol. The molecule has 0 spiro atoms. The third kappa shape index (κ3) is 5.02. The maximum absolute atomic E-state index is 13.7. The van der Waals surface area contributed by atoms with E-state index in [1.807, 2.05) is 30.3 Å². The minimum Gasteiger partial charge on any atom is -0.378 e. The molecule has 38 heavy (non-hydrogen) atoms. The van der Waals surface area contributed by atoms with Gasteiger partial charge in [-0.15, -0.1) is 0 Å². The number of pyridine rings is 1. The summed E-state index contributed by atoms with van der Waals surface area (Å²) in [6.45, 7) is 2.53. The third-order valence-electron chi connectivity index (χ3n) is 6.33. The molecule has 196 valence electrons. The second-order valence-corrected chi connectivity index (χ2v) is 10.4. The second-order valence-electron chi connectivity index (χ2n) is 9.01. The summed E-state index contributed by atoms with van der Waals surface area (Å²) in [6, 6.07) is 12.7. The zero-order valence-electron chi connectivity index (χ0n) is 20.9. The summed E-state index contributed by atoms with van der Waals surface area (Å²) in [5, 5.41) is 4.37. The van der Waals surface area contributed by atoms with Crippen LogP contribution in [0.15, 0.2) is 53.5 Å². The number of thiazole rings is 1. The van der Waals surface area contributed by atoms with E-state index in [0.29, 0.717) is 52.7 Å². The zero-order valence-corrected chi connectivity index (χ0v) is 22.5. The number of nitrogens with zero attached hydrogens (tertiary/aromatic N) is 3. The van der Waals surface area contributed by atoms with Gasteiger partial charge in [0.2, 0.25) is 0 Å². The lowest BCUT2D eigenvalue weighted by molar-refractivity contribution is 0.0819. The van der Waals surface area contributed by atoms with Crippen molar-refractivity contribution in [2.75, 3.05) is 45.3 Å². The molecule has 0 radical (unpaired) electrons. The van der Waals surface area contributed by atoms with Crippen molar-refractivity contribution in [2.24, 2.45) is 0 Å². The number of carbonyl (C=O) groups excluding carboxylic acids is 2. The van der Waals surface area contributed by atoms with E-state index in [9.17, 15) is 14.4 Å². The largest absolute Gasteiger partial charge is 0.378 e. The molecule has 1 saturated heterocycles. The highest BCUT2D eigenvalue weighted by atomic mass is 35.5. The maximum Gasteiger partial charge on any atom is 0.270 e. The number of benzene rings is 2. The molecule has 11 heteroatoms. The van der Waals surface area contributed by atoms with Gasteiger partial charge in [-0.05, 0) is 17.7 Å². The number of morpholine rings is 1. The van der Waals surface area contributed by atoms with Crippen molar-refractivity contribution in [3.05, 3.63) is 80.0 Å². The molecule has 2 N–H and O–H groups in total. The van der Waals surface area contributed by atoms with Gasteiger partial charge in [-0.3, -0.25) is 14.4 Å². The number of fused-ring (bicyclic) bond motifs is 1. The van der Waals surface area contributed by atoms with Crippen molar-refractivity contribution in [1.29, 1.82) is 0 Å². The Hall–Kier alpha value is -3.73. The number of carbonyl (C=O) groups is 2. The lowest BCUT2D eigenvalue weighted by atomic mass is 9.99. The van der Waals surface area contributed by atoms with E-state index in [2.05, 4.69) is 20.2 Å². The maximum atomic E-state index is 13.7. The van der Waals surface area contributed by atoms with E-state index in [-0.39, 0.29) is 35.0 Å². The van der Waals surface area contributed by atoms with Crippen molar-refractivity contribution >= 4 is 50.8 Å². The Morgan fingerprint density at radius 3 is 2.61 bits per heavy atom. The summed E-state index contributed by atoms with van der Waals surface area (Å²) in [4.78, 5) is 51.3. The Labute approximate surface area is 228 Å². The number of ether oxygens (including phenoxy) is 1. The van der Waals surface area contributed by atoms with Crippen molar-refractivity contribution in [3.63, 3.8) is 0 Å². The van der Waals surface area contributed by atoms with Crippen LogP contribution in [0.1, 0.15) is 25.7 Å². The summed E-state index contributed by atoms with van der Waals surface area (Å²) in [5.74, 6) is -0.759. The summed E-state index contributed by atoms with van der Waals surface area (Å²) in [5.41, 5.74) is 1.83. The van der Waals surface area contributed by atoms with Gasteiger partial charge in [0.1, 0.15) is 10.6 Å². The average molecular weight is 552 g/mol. The number of aromatic amines is 1. The van der Waals surface area contributed by atoms with Gasteiger partial charge in [0.25, 0.3) is 11.8 Å². The minimum atomic E-state index is -0.389. The molecule has 0 bridgehead atoms. The zero-order chi connectivity index (χ0) is 26.8. The van der Waals surface area contributed by atoms with Gasteiger partial charge in [-0.1, -0.05) is 53.3 Å². The Morgan fingerprint density at radius 1 is 1.16 bits per heavy atom. The van der Waals surface area contributed by atoms with E-state index in [4.69, 9.17) is 16.3 Å². The predicted octanol–water partition coefficient (Wildman–Crippen LogP) is 3.77. The summed E-state index contributed by atoms with van der Waals surface area (Å²) in [7, 11) is 3.21. The fraction of sp³-hybridized carbons (Fsp3) is 0.259. The van der Waals surface area contributed by atoms with Gasteiger partial charge in [0.05, 0.1) is 29.9 Å². The molecular formula is C27H26ClN5O4S. The molecule has 1 aliphatic heterocycles. The van der Waals surface area contributed by atoms with E-state index in [1.54, 1.807) is 26.2 Å². The highest BCUT2D eigenvalue weighted by Crippen LogP contribution is 2.34. The second kappa shape index (κ2) is 10.9. The first-order valence-electron chi connectivity index (χ1n) is 12.1. The number of H-pyrrole nitrogens is 1. The predicted molar refractivity (Wildman–Crippen MR) is 149 cm³/mol. The average Bonchev–Trinajstić information content (AvgIpc) is 3.43. The molecule has 9 nitrogen and oxygen atoms in total. The topological polar surface area (TPSA) is 108 Å². The third-order valence-corrected chi connectivity index (χ3v) is 7.70. The summed E-state index contributed by atoms with van der Waals surface area (Å²) < 4.78 is 5.38. The Balaban J connectivity index is 1.51. The quantitative estimate of drug-likeness (QED) is 0.378. The molecule has 0 atom stereocenters. The van der Waals surface area contributed by atoms with Crippen molar-refractivity contribution in [1.82, 2.24) is 20.2 Å². The van der Waals surface area contributed by atoms with Gasteiger partial charge in [-0.2, -0.15) is 0 Å². The lowest BCUT2D eigenvalue weighted by Crippen LogP contribution is -2.36. The van der Waals surface area contributed by atoms with Crippen LogP contribution in [-0.2, 0) is 11.3 Å². The van der Waals surface area contributed by atoms with E-state index < -0.39 is 0 Å². The van der Waals surface area contributed by atoms with Crippen molar-refractivity contribution < 1.29 is 14.3 Å². The van der Waals surface area contributed by atoms with Gasteiger partial charge in [0.15, 0.2) is 10.6 Å². The first-order chi connectivity index (χ1) is 18.3. The highest BCUT2D eigenvalue weighted by Gasteiger charge is 2.23. The van der Waals surface area contributed by atoms with Crippen LogP contribution in [0.5, 0.6) is 0 Å². The number of hydrogen-bond acceptors (Lipinski definition) is 7. The number of nitrogens with one attached hydrogen (secondary N) is 2. The molecule has 3 heterocycles.